The predicted molar refractivity (Wildman–Crippen MR) is 70.9 cm³/mol. The van der Waals surface area contributed by atoms with Crippen LogP contribution in [0.3, 0.4) is 0 Å². The number of ether oxygens (including phenoxy) is 2. The summed E-state index contributed by atoms with van der Waals surface area (Å²) in [6.07, 6.45) is 6.25. The molecule has 2 N–H and O–H groups in total. The predicted octanol–water partition coefficient (Wildman–Crippen LogP) is 2.73. The Morgan fingerprint density at radius 1 is 1.17 bits per heavy atom. The van der Waals surface area contributed by atoms with Gasteiger partial charge in [0.15, 0.2) is 11.5 Å². The molecule has 2 aliphatic carbocycles. The molecule has 0 aromatic heterocycles. The summed E-state index contributed by atoms with van der Waals surface area (Å²) in [6, 6.07) is 8.18. The minimum absolute atomic E-state index is 0.237. The lowest BCUT2D eigenvalue weighted by molar-refractivity contribution is -0.0629. The van der Waals surface area contributed by atoms with Crippen molar-refractivity contribution < 1.29 is 9.47 Å². The third kappa shape index (κ3) is 1.69. The fourth-order valence-electron chi connectivity index (χ4n) is 3.54. The highest BCUT2D eigenvalue weighted by Crippen LogP contribution is 2.54. The summed E-state index contributed by atoms with van der Waals surface area (Å²) in [4.78, 5) is 0. The Hall–Kier alpha value is -1.22. The second kappa shape index (κ2) is 4.47. The van der Waals surface area contributed by atoms with E-state index in [0.29, 0.717) is 6.04 Å². The topological polar surface area (TPSA) is 44.5 Å². The van der Waals surface area contributed by atoms with Gasteiger partial charge in [-0.1, -0.05) is 25.0 Å². The lowest BCUT2D eigenvalue weighted by atomic mass is 9.61. The molecule has 0 bridgehead atoms. The zero-order valence-corrected chi connectivity index (χ0v) is 10.9. The monoisotopic (exact) mass is 247 g/mol. The summed E-state index contributed by atoms with van der Waals surface area (Å²) in [7, 11) is 1.68. The van der Waals surface area contributed by atoms with Crippen LogP contribution < -0.4 is 15.2 Å². The van der Waals surface area contributed by atoms with Crippen LogP contribution in [-0.4, -0.2) is 19.3 Å². The molecule has 2 fully saturated rings. The first-order valence-electron chi connectivity index (χ1n) is 6.81. The maximum absolute atomic E-state index is 6.22. The van der Waals surface area contributed by atoms with Crippen LogP contribution in [0.2, 0.25) is 0 Å². The lowest BCUT2D eigenvalue weighted by Gasteiger charge is -2.52. The SMILES string of the molecule is COc1ccccc1OC1CC(N)C12CCCC2. The van der Waals surface area contributed by atoms with E-state index in [9.17, 15) is 0 Å². The van der Waals surface area contributed by atoms with E-state index in [4.69, 9.17) is 15.2 Å². The zero-order chi connectivity index (χ0) is 12.6. The van der Waals surface area contributed by atoms with Gasteiger partial charge >= 0.3 is 0 Å². The Balaban J connectivity index is 1.77. The molecule has 98 valence electrons. The van der Waals surface area contributed by atoms with Gasteiger partial charge in [-0.2, -0.15) is 0 Å². The van der Waals surface area contributed by atoms with Crippen LogP contribution in [0.4, 0.5) is 0 Å². The number of hydrogen-bond donors (Lipinski definition) is 1. The summed E-state index contributed by atoms with van der Waals surface area (Å²) in [5.41, 5.74) is 6.46. The molecule has 0 saturated heterocycles. The molecular weight excluding hydrogens is 226 g/mol. The minimum Gasteiger partial charge on any atom is -0.493 e. The number of para-hydroxylation sites is 2. The molecule has 0 aliphatic heterocycles. The van der Waals surface area contributed by atoms with E-state index in [1.165, 1.54) is 25.7 Å². The Labute approximate surface area is 108 Å². The molecule has 2 unspecified atom stereocenters. The van der Waals surface area contributed by atoms with Crippen molar-refractivity contribution in [2.75, 3.05) is 7.11 Å². The number of methoxy groups -OCH3 is 1. The first kappa shape index (κ1) is 11.8. The first-order valence-corrected chi connectivity index (χ1v) is 6.81. The molecule has 0 radical (unpaired) electrons. The van der Waals surface area contributed by atoms with Crippen molar-refractivity contribution in [3.05, 3.63) is 24.3 Å². The van der Waals surface area contributed by atoms with Gasteiger partial charge in [0, 0.05) is 17.9 Å². The zero-order valence-electron chi connectivity index (χ0n) is 10.9. The Kier molecular flexibility index (Phi) is 2.94. The Morgan fingerprint density at radius 2 is 1.83 bits per heavy atom. The van der Waals surface area contributed by atoms with E-state index < -0.39 is 0 Å². The Morgan fingerprint density at radius 3 is 2.44 bits per heavy atom. The second-order valence-corrected chi connectivity index (χ2v) is 5.54. The van der Waals surface area contributed by atoms with Gasteiger partial charge in [0.05, 0.1) is 7.11 Å². The fraction of sp³-hybridized carbons (Fsp3) is 0.600. The second-order valence-electron chi connectivity index (χ2n) is 5.54. The molecule has 1 aromatic carbocycles. The average molecular weight is 247 g/mol. The van der Waals surface area contributed by atoms with Crippen LogP contribution in [-0.2, 0) is 0 Å². The smallest absolute Gasteiger partial charge is 0.161 e. The van der Waals surface area contributed by atoms with Crippen molar-refractivity contribution in [3.63, 3.8) is 0 Å². The summed E-state index contributed by atoms with van der Waals surface area (Å²) in [6.45, 7) is 0. The van der Waals surface area contributed by atoms with Crippen molar-refractivity contribution in [1.29, 1.82) is 0 Å². The summed E-state index contributed by atoms with van der Waals surface area (Å²) in [5.74, 6) is 1.66. The van der Waals surface area contributed by atoms with Crippen molar-refractivity contribution in [1.82, 2.24) is 0 Å². The van der Waals surface area contributed by atoms with Gasteiger partial charge in [0.2, 0.25) is 0 Å². The van der Waals surface area contributed by atoms with Gasteiger partial charge in [0.25, 0.3) is 0 Å². The molecule has 2 atom stereocenters. The first-order chi connectivity index (χ1) is 8.76. The normalized spacial score (nSPS) is 29.0. The molecule has 0 heterocycles. The van der Waals surface area contributed by atoms with Crippen molar-refractivity contribution in [2.45, 2.75) is 44.2 Å². The Bertz CT molecular complexity index is 426. The summed E-state index contributed by atoms with van der Waals surface area (Å²) in [5, 5.41) is 0. The van der Waals surface area contributed by atoms with Crippen LogP contribution >= 0.6 is 0 Å². The van der Waals surface area contributed by atoms with E-state index in [-0.39, 0.29) is 11.5 Å². The van der Waals surface area contributed by atoms with Crippen molar-refractivity contribution in [3.8, 4) is 11.5 Å². The van der Waals surface area contributed by atoms with E-state index >= 15 is 0 Å². The number of nitrogens with two attached hydrogens (primary N) is 1. The molecule has 3 rings (SSSR count). The molecule has 2 aliphatic rings. The molecule has 2 saturated carbocycles. The molecule has 0 amide bonds. The van der Waals surface area contributed by atoms with Crippen LogP contribution in [0.1, 0.15) is 32.1 Å². The number of rotatable bonds is 3. The molecule has 1 aromatic rings. The van der Waals surface area contributed by atoms with E-state index in [1.54, 1.807) is 7.11 Å². The summed E-state index contributed by atoms with van der Waals surface area (Å²) < 4.78 is 11.5. The molecular formula is C15H21NO2. The van der Waals surface area contributed by atoms with Crippen LogP contribution in [0.15, 0.2) is 24.3 Å². The van der Waals surface area contributed by atoms with Crippen LogP contribution in [0, 0.1) is 5.41 Å². The highest BCUT2D eigenvalue weighted by molar-refractivity contribution is 5.40. The average Bonchev–Trinajstić information content (AvgIpc) is 2.91. The van der Waals surface area contributed by atoms with Gasteiger partial charge in [-0.15, -0.1) is 0 Å². The van der Waals surface area contributed by atoms with Gasteiger partial charge < -0.3 is 15.2 Å². The third-order valence-electron chi connectivity index (χ3n) is 4.72. The van der Waals surface area contributed by atoms with Gasteiger partial charge in [-0.3, -0.25) is 0 Å². The van der Waals surface area contributed by atoms with Crippen LogP contribution in [0.25, 0.3) is 0 Å². The minimum atomic E-state index is 0.237. The van der Waals surface area contributed by atoms with Crippen molar-refractivity contribution in [2.24, 2.45) is 11.1 Å². The third-order valence-corrected chi connectivity index (χ3v) is 4.72. The molecule has 3 heteroatoms. The highest BCUT2D eigenvalue weighted by Gasteiger charge is 2.56. The quantitative estimate of drug-likeness (QED) is 0.893. The fourth-order valence-corrected chi connectivity index (χ4v) is 3.54. The van der Waals surface area contributed by atoms with E-state index in [1.807, 2.05) is 24.3 Å². The van der Waals surface area contributed by atoms with Gasteiger partial charge in [0.1, 0.15) is 6.10 Å². The molecule has 3 nitrogen and oxygen atoms in total. The number of hydrogen-bond acceptors (Lipinski definition) is 3. The largest absolute Gasteiger partial charge is 0.493 e. The van der Waals surface area contributed by atoms with Gasteiger partial charge in [-0.05, 0) is 25.0 Å². The number of benzene rings is 1. The van der Waals surface area contributed by atoms with Crippen molar-refractivity contribution >= 4 is 0 Å². The maximum atomic E-state index is 6.22. The molecule has 18 heavy (non-hydrogen) atoms. The lowest BCUT2D eigenvalue weighted by Crippen LogP contribution is -2.62. The highest BCUT2D eigenvalue weighted by atomic mass is 16.5. The summed E-state index contributed by atoms with van der Waals surface area (Å²) >= 11 is 0. The molecule has 1 spiro atoms. The van der Waals surface area contributed by atoms with Gasteiger partial charge in [-0.25, -0.2) is 0 Å². The van der Waals surface area contributed by atoms with Crippen LogP contribution in [0.5, 0.6) is 11.5 Å². The van der Waals surface area contributed by atoms with E-state index in [2.05, 4.69) is 0 Å². The maximum Gasteiger partial charge on any atom is 0.161 e. The standard InChI is InChI=1S/C15H21NO2/c1-17-11-6-2-3-7-12(11)18-14-10-13(16)15(14)8-4-5-9-15/h2-3,6-7,13-14H,4-5,8-10,16H2,1H3. The van der Waals surface area contributed by atoms with E-state index in [0.717, 1.165) is 17.9 Å².